The van der Waals surface area contributed by atoms with Gasteiger partial charge in [-0.3, -0.25) is 4.79 Å². The Hall–Kier alpha value is -1.91. The lowest BCUT2D eigenvalue weighted by atomic mass is 10.1. The number of anilines is 2. The van der Waals surface area contributed by atoms with Crippen molar-refractivity contribution in [3.63, 3.8) is 0 Å². The van der Waals surface area contributed by atoms with Gasteiger partial charge in [0, 0.05) is 10.7 Å². The van der Waals surface area contributed by atoms with Crippen molar-refractivity contribution in [2.75, 3.05) is 18.2 Å². The number of halogens is 2. The highest BCUT2D eigenvalue weighted by Crippen LogP contribution is 2.26. The summed E-state index contributed by atoms with van der Waals surface area (Å²) >= 11 is 11.7. The van der Waals surface area contributed by atoms with E-state index in [9.17, 15) is 4.79 Å². The first-order valence-electron chi connectivity index (χ1n) is 5.71. The first-order chi connectivity index (χ1) is 9.51. The van der Waals surface area contributed by atoms with Crippen molar-refractivity contribution >= 4 is 40.5 Å². The summed E-state index contributed by atoms with van der Waals surface area (Å²) in [4.78, 5) is 12.2. The molecule has 0 atom stereocenters. The maximum Gasteiger partial charge on any atom is 0.259 e. The standard InChI is InChI=1S/C14H12Cl2N2O2/c1-20-13-5-2-8(15)6-10(13)14(19)18-9-3-4-11(16)12(17)7-9/h2-7H,17H2,1H3,(H,18,19). The summed E-state index contributed by atoms with van der Waals surface area (Å²) in [7, 11) is 1.49. The highest BCUT2D eigenvalue weighted by atomic mass is 35.5. The second kappa shape index (κ2) is 6.03. The summed E-state index contributed by atoms with van der Waals surface area (Å²) in [6.45, 7) is 0. The second-order valence-electron chi connectivity index (χ2n) is 4.04. The fraction of sp³-hybridized carbons (Fsp3) is 0.0714. The van der Waals surface area contributed by atoms with Crippen LogP contribution in [0, 0.1) is 0 Å². The molecule has 0 aliphatic rings. The maximum atomic E-state index is 12.2. The van der Waals surface area contributed by atoms with Crippen molar-refractivity contribution in [2.45, 2.75) is 0 Å². The van der Waals surface area contributed by atoms with E-state index in [1.807, 2.05) is 0 Å². The number of methoxy groups -OCH3 is 1. The summed E-state index contributed by atoms with van der Waals surface area (Å²) < 4.78 is 5.14. The first kappa shape index (κ1) is 14.5. The van der Waals surface area contributed by atoms with Crippen LogP contribution in [0.1, 0.15) is 10.4 Å². The van der Waals surface area contributed by atoms with E-state index in [0.717, 1.165) is 0 Å². The van der Waals surface area contributed by atoms with Crippen molar-refractivity contribution in [3.8, 4) is 5.75 Å². The van der Waals surface area contributed by atoms with Crippen molar-refractivity contribution in [2.24, 2.45) is 0 Å². The fourth-order valence-electron chi connectivity index (χ4n) is 1.68. The number of ether oxygens (including phenoxy) is 1. The van der Waals surface area contributed by atoms with E-state index >= 15 is 0 Å². The number of rotatable bonds is 3. The van der Waals surface area contributed by atoms with Gasteiger partial charge in [-0.25, -0.2) is 0 Å². The number of nitrogens with two attached hydrogens (primary N) is 1. The lowest BCUT2D eigenvalue weighted by molar-refractivity contribution is 0.102. The monoisotopic (exact) mass is 310 g/mol. The molecule has 0 spiro atoms. The maximum absolute atomic E-state index is 12.2. The van der Waals surface area contributed by atoms with Gasteiger partial charge in [-0.05, 0) is 36.4 Å². The van der Waals surface area contributed by atoms with Gasteiger partial charge in [-0.15, -0.1) is 0 Å². The van der Waals surface area contributed by atoms with E-state index < -0.39 is 0 Å². The molecule has 0 unspecified atom stereocenters. The number of hydrogen-bond donors (Lipinski definition) is 2. The van der Waals surface area contributed by atoms with E-state index in [1.54, 1.807) is 30.3 Å². The summed E-state index contributed by atoms with van der Waals surface area (Å²) in [5.74, 6) is 0.0971. The number of nitrogens with one attached hydrogen (secondary N) is 1. The molecule has 1 amide bonds. The molecule has 2 rings (SSSR count). The molecule has 6 heteroatoms. The number of carbonyl (C=O) groups excluding carboxylic acids is 1. The van der Waals surface area contributed by atoms with Crippen LogP contribution in [0.5, 0.6) is 5.75 Å². The highest BCUT2D eigenvalue weighted by molar-refractivity contribution is 6.33. The zero-order chi connectivity index (χ0) is 14.7. The summed E-state index contributed by atoms with van der Waals surface area (Å²) in [5.41, 5.74) is 6.96. The molecule has 0 saturated heterocycles. The largest absolute Gasteiger partial charge is 0.496 e. The van der Waals surface area contributed by atoms with Crippen molar-refractivity contribution < 1.29 is 9.53 Å². The average Bonchev–Trinajstić information content (AvgIpc) is 2.43. The highest BCUT2D eigenvalue weighted by Gasteiger charge is 2.13. The molecule has 0 aromatic heterocycles. The van der Waals surface area contributed by atoms with E-state index in [4.69, 9.17) is 33.7 Å². The molecule has 104 valence electrons. The van der Waals surface area contributed by atoms with Gasteiger partial charge in [-0.1, -0.05) is 23.2 Å². The SMILES string of the molecule is COc1ccc(Cl)cc1C(=O)Nc1ccc(Cl)c(N)c1. The minimum atomic E-state index is -0.342. The van der Waals surface area contributed by atoms with E-state index in [-0.39, 0.29) is 5.91 Å². The van der Waals surface area contributed by atoms with Crippen LogP contribution in [0.2, 0.25) is 10.0 Å². The number of nitrogen functional groups attached to an aromatic ring is 1. The minimum absolute atomic E-state index is 0.341. The van der Waals surface area contributed by atoms with Gasteiger partial charge in [0.05, 0.1) is 23.4 Å². The third-order valence-electron chi connectivity index (χ3n) is 2.66. The minimum Gasteiger partial charge on any atom is -0.496 e. The molecule has 0 aliphatic carbocycles. The third-order valence-corrected chi connectivity index (χ3v) is 3.24. The Bertz CT molecular complexity index is 660. The summed E-state index contributed by atoms with van der Waals surface area (Å²) in [5, 5.41) is 3.60. The lowest BCUT2D eigenvalue weighted by Crippen LogP contribution is -2.13. The molecule has 3 N–H and O–H groups in total. The molecule has 0 saturated carbocycles. The Morgan fingerprint density at radius 3 is 2.60 bits per heavy atom. The fourth-order valence-corrected chi connectivity index (χ4v) is 1.97. The Morgan fingerprint density at radius 2 is 1.95 bits per heavy atom. The zero-order valence-corrected chi connectivity index (χ0v) is 12.1. The molecule has 2 aromatic carbocycles. The summed E-state index contributed by atoms with van der Waals surface area (Å²) in [6.07, 6.45) is 0. The van der Waals surface area contributed by atoms with Crippen molar-refractivity contribution in [1.82, 2.24) is 0 Å². The van der Waals surface area contributed by atoms with Crippen LogP contribution in [-0.4, -0.2) is 13.0 Å². The summed E-state index contributed by atoms with van der Waals surface area (Å²) in [6, 6.07) is 9.67. The van der Waals surface area contributed by atoms with Gasteiger partial charge in [0.2, 0.25) is 0 Å². The van der Waals surface area contributed by atoms with Gasteiger partial charge in [0.25, 0.3) is 5.91 Å². The van der Waals surface area contributed by atoms with Crippen molar-refractivity contribution in [3.05, 3.63) is 52.0 Å². The quantitative estimate of drug-likeness (QED) is 0.847. The Balaban J connectivity index is 2.27. The smallest absolute Gasteiger partial charge is 0.259 e. The number of carbonyl (C=O) groups is 1. The van der Waals surface area contributed by atoms with Gasteiger partial charge < -0.3 is 15.8 Å². The van der Waals surface area contributed by atoms with Crippen LogP contribution >= 0.6 is 23.2 Å². The molecule has 0 bridgehead atoms. The van der Waals surface area contributed by atoms with Crippen LogP contribution in [-0.2, 0) is 0 Å². The molecule has 20 heavy (non-hydrogen) atoms. The Morgan fingerprint density at radius 1 is 1.20 bits per heavy atom. The van der Waals surface area contributed by atoms with E-state index in [0.29, 0.717) is 32.7 Å². The number of benzene rings is 2. The van der Waals surface area contributed by atoms with E-state index in [1.165, 1.54) is 13.2 Å². The van der Waals surface area contributed by atoms with Gasteiger partial charge >= 0.3 is 0 Å². The van der Waals surface area contributed by atoms with Crippen LogP contribution in [0.25, 0.3) is 0 Å². The van der Waals surface area contributed by atoms with E-state index in [2.05, 4.69) is 5.32 Å². The van der Waals surface area contributed by atoms with Gasteiger partial charge in [-0.2, -0.15) is 0 Å². The number of hydrogen-bond acceptors (Lipinski definition) is 3. The first-order valence-corrected chi connectivity index (χ1v) is 6.47. The van der Waals surface area contributed by atoms with Crippen LogP contribution in [0.15, 0.2) is 36.4 Å². The Kier molecular flexibility index (Phi) is 4.37. The predicted octanol–water partition coefficient (Wildman–Crippen LogP) is 3.84. The normalized spacial score (nSPS) is 10.2. The molecule has 0 radical (unpaired) electrons. The molecular weight excluding hydrogens is 299 g/mol. The Labute approximate surface area is 126 Å². The lowest BCUT2D eigenvalue weighted by Gasteiger charge is -2.10. The average molecular weight is 311 g/mol. The predicted molar refractivity (Wildman–Crippen MR) is 81.8 cm³/mol. The number of amides is 1. The zero-order valence-electron chi connectivity index (χ0n) is 10.6. The molecular formula is C14H12Cl2N2O2. The topological polar surface area (TPSA) is 64.3 Å². The van der Waals surface area contributed by atoms with Crippen LogP contribution in [0.4, 0.5) is 11.4 Å². The molecule has 4 nitrogen and oxygen atoms in total. The molecule has 0 aliphatic heterocycles. The van der Waals surface area contributed by atoms with Gasteiger partial charge in [0.1, 0.15) is 5.75 Å². The van der Waals surface area contributed by atoms with Crippen LogP contribution < -0.4 is 15.8 Å². The molecule has 2 aromatic rings. The molecule has 0 fully saturated rings. The second-order valence-corrected chi connectivity index (χ2v) is 4.88. The molecule has 0 heterocycles. The van der Waals surface area contributed by atoms with Gasteiger partial charge in [0.15, 0.2) is 0 Å². The van der Waals surface area contributed by atoms with Crippen LogP contribution in [0.3, 0.4) is 0 Å². The third kappa shape index (κ3) is 3.15. The van der Waals surface area contributed by atoms with Crippen molar-refractivity contribution in [1.29, 1.82) is 0 Å².